The highest BCUT2D eigenvalue weighted by Crippen LogP contribution is 2.19. The third kappa shape index (κ3) is 3.45. The van der Waals surface area contributed by atoms with Gasteiger partial charge in [-0.2, -0.15) is 0 Å². The molecule has 0 bridgehead atoms. The Morgan fingerprint density at radius 2 is 1.60 bits per heavy atom. The van der Waals surface area contributed by atoms with Crippen molar-refractivity contribution in [3.8, 4) is 5.75 Å². The number of carboxylic acid groups (broad SMARTS) is 1. The average molecular weight is 270 g/mol. The van der Waals surface area contributed by atoms with Gasteiger partial charge in [-0.3, -0.25) is 4.79 Å². The van der Waals surface area contributed by atoms with Crippen LogP contribution in [0.15, 0.2) is 54.6 Å². The van der Waals surface area contributed by atoms with E-state index in [1.54, 1.807) is 18.2 Å². The largest absolute Gasteiger partial charge is 0.492 e. The lowest BCUT2D eigenvalue weighted by atomic mass is 10.1. The number of aliphatic carboxylic acids is 1. The average Bonchev–Trinajstić information content (AvgIpc) is 2.48. The Labute approximate surface area is 116 Å². The number of benzene rings is 2. The number of hydrogen-bond acceptors (Lipinski definition) is 3. The number of carboxylic acids is 1. The second-order valence-corrected chi connectivity index (χ2v) is 4.21. The highest BCUT2D eigenvalue weighted by atomic mass is 16.5. The summed E-state index contributed by atoms with van der Waals surface area (Å²) in [4.78, 5) is 22.3. The Morgan fingerprint density at radius 3 is 2.30 bits per heavy atom. The van der Waals surface area contributed by atoms with Crippen molar-refractivity contribution in [1.82, 2.24) is 0 Å². The van der Waals surface area contributed by atoms with Crippen molar-refractivity contribution in [2.45, 2.75) is 6.42 Å². The molecule has 0 aliphatic heterocycles. The lowest BCUT2D eigenvalue weighted by Crippen LogP contribution is -2.14. The van der Waals surface area contributed by atoms with E-state index in [9.17, 15) is 9.59 Å². The van der Waals surface area contributed by atoms with Gasteiger partial charge in [-0.15, -0.1) is 0 Å². The van der Waals surface area contributed by atoms with Gasteiger partial charge in [0.2, 0.25) is 0 Å². The van der Waals surface area contributed by atoms with Crippen molar-refractivity contribution in [2.24, 2.45) is 0 Å². The van der Waals surface area contributed by atoms with E-state index in [-0.39, 0.29) is 5.56 Å². The molecule has 4 heteroatoms. The van der Waals surface area contributed by atoms with Crippen LogP contribution in [0.2, 0.25) is 0 Å². The Morgan fingerprint density at radius 1 is 0.950 bits per heavy atom. The number of carbonyl (C=O) groups is 2. The summed E-state index contributed by atoms with van der Waals surface area (Å²) in [6.45, 7) is 0.383. The molecule has 0 fully saturated rings. The van der Waals surface area contributed by atoms with E-state index in [1.807, 2.05) is 30.3 Å². The fraction of sp³-hybridized carbons (Fsp3) is 0.125. The van der Waals surface area contributed by atoms with Crippen molar-refractivity contribution in [3.05, 3.63) is 65.7 Å². The first-order chi connectivity index (χ1) is 9.68. The standard InChI is InChI=1S/C16H14O4/c17-15(16(18)19)13-8-4-5-9-14(13)20-11-10-12-6-2-1-3-7-12/h1-9H,10-11H2,(H,18,19). The lowest BCUT2D eigenvalue weighted by Gasteiger charge is -2.09. The van der Waals surface area contributed by atoms with Crippen LogP contribution in [0.4, 0.5) is 0 Å². The molecule has 0 heterocycles. The molecule has 102 valence electrons. The first-order valence-corrected chi connectivity index (χ1v) is 6.22. The van der Waals surface area contributed by atoms with Crippen molar-refractivity contribution in [2.75, 3.05) is 6.61 Å². The summed E-state index contributed by atoms with van der Waals surface area (Å²) in [5.41, 5.74) is 1.20. The van der Waals surface area contributed by atoms with Gasteiger partial charge >= 0.3 is 5.97 Å². The zero-order valence-corrected chi connectivity index (χ0v) is 10.8. The van der Waals surface area contributed by atoms with Crippen LogP contribution in [-0.4, -0.2) is 23.5 Å². The maximum atomic E-state index is 11.5. The Bertz CT molecular complexity index is 605. The van der Waals surface area contributed by atoms with E-state index < -0.39 is 11.8 Å². The van der Waals surface area contributed by atoms with Crippen LogP contribution in [0.5, 0.6) is 5.75 Å². The van der Waals surface area contributed by atoms with Gasteiger partial charge in [0.25, 0.3) is 5.78 Å². The van der Waals surface area contributed by atoms with Crippen LogP contribution in [0.1, 0.15) is 15.9 Å². The highest BCUT2D eigenvalue weighted by molar-refractivity contribution is 6.40. The molecule has 4 nitrogen and oxygen atoms in total. The summed E-state index contributed by atoms with van der Waals surface area (Å²) < 4.78 is 5.53. The second-order valence-electron chi connectivity index (χ2n) is 4.21. The molecule has 0 unspecified atom stereocenters. The number of carbonyl (C=O) groups excluding carboxylic acids is 1. The quantitative estimate of drug-likeness (QED) is 0.647. The number of rotatable bonds is 6. The molecule has 2 rings (SSSR count). The zero-order valence-electron chi connectivity index (χ0n) is 10.8. The first kappa shape index (κ1) is 13.8. The molecule has 0 atom stereocenters. The molecule has 0 amide bonds. The van der Waals surface area contributed by atoms with Gasteiger partial charge in [0, 0.05) is 6.42 Å². The third-order valence-corrected chi connectivity index (χ3v) is 2.82. The van der Waals surface area contributed by atoms with Crippen LogP contribution in [0.25, 0.3) is 0 Å². The SMILES string of the molecule is O=C(O)C(=O)c1ccccc1OCCc1ccccc1. The molecular weight excluding hydrogens is 256 g/mol. The molecule has 2 aromatic rings. The normalized spacial score (nSPS) is 10.0. The smallest absolute Gasteiger partial charge is 0.377 e. The summed E-state index contributed by atoms with van der Waals surface area (Å²) >= 11 is 0. The Kier molecular flexibility index (Phi) is 4.50. The summed E-state index contributed by atoms with van der Waals surface area (Å²) in [5, 5.41) is 8.76. The Hall–Kier alpha value is -2.62. The number of Topliss-reactive ketones (excluding diaryl/α,β-unsaturated/α-hetero) is 1. The van der Waals surface area contributed by atoms with E-state index in [4.69, 9.17) is 9.84 Å². The van der Waals surface area contributed by atoms with Crippen LogP contribution in [0.3, 0.4) is 0 Å². The first-order valence-electron chi connectivity index (χ1n) is 6.22. The van der Waals surface area contributed by atoms with Gasteiger partial charge in [0.1, 0.15) is 5.75 Å². The van der Waals surface area contributed by atoms with Crippen LogP contribution < -0.4 is 4.74 Å². The predicted octanol–water partition coefficient (Wildman–Crippen LogP) is 2.58. The maximum absolute atomic E-state index is 11.5. The third-order valence-electron chi connectivity index (χ3n) is 2.82. The molecule has 0 aromatic heterocycles. The van der Waals surface area contributed by atoms with E-state index in [1.165, 1.54) is 6.07 Å². The van der Waals surface area contributed by atoms with Gasteiger partial charge in [0.05, 0.1) is 12.2 Å². The predicted molar refractivity (Wildman–Crippen MR) is 74.0 cm³/mol. The number of hydrogen-bond donors (Lipinski definition) is 1. The summed E-state index contributed by atoms with van der Waals surface area (Å²) in [7, 11) is 0. The number of para-hydroxylation sites is 1. The molecule has 0 radical (unpaired) electrons. The Balaban J connectivity index is 2.03. The van der Waals surface area contributed by atoms with Crippen LogP contribution in [-0.2, 0) is 11.2 Å². The number of ketones is 1. The summed E-state index contributed by atoms with van der Waals surface area (Å²) in [5.74, 6) is -2.14. The molecular formula is C16H14O4. The van der Waals surface area contributed by atoms with E-state index in [2.05, 4.69) is 0 Å². The second kappa shape index (κ2) is 6.52. The zero-order chi connectivity index (χ0) is 14.4. The van der Waals surface area contributed by atoms with Crippen molar-refractivity contribution in [3.63, 3.8) is 0 Å². The minimum absolute atomic E-state index is 0.0769. The molecule has 0 spiro atoms. The molecule has 0 aliphatic carbocycles. The topological polar surface area (TPSA) is 63.6 Å². The lowest BCUT2D eigenvalue weighted by molar-refractivity contribution is -0.131. The van der Waals surface area contributed by atoms with Gasteiger partial charge in [-0.1, -0.05) is 42.5 Å². The van der Waals surface area contributed by atoms with E-state index >= 15 is 0 Å². The van der Waals surface area contributed by atoms with Gasteiger partial charge < -0.3 is 9.84 Å². The van der Waals surface area contributed by atoms with Crippen LogP contribution in [0, 0.1) is 0 Å². The van der Waals surface area contributed by atoms with Crippen molar-refractivity contribution >= 4 is 11.8 Å². The molecule has 20 heavy (non-hydrogen) atoms. The fourth-order valence-electron chi connectivity index (χ4n) is 1.82. The monoisotopic (exact) mass is 270 g/mol. The maximum Gasteiger partial charge on any atom is 0.377 e. The van der Waals surface area contributed by atoms with Crippen molar-refractivity contribution < 1.29 is 19.4 Å². The molecule has 0 saturated heterocycles. The summed E-state index contributed by atoms with van der Waals surface area (Å²) in [6, 6.07) is 16.2. The molecule has 0 saturated carbocycles. The van der Waals surface area contributed by atoms with Crippen molar-refractivity contribution in [1.29, 1.82) is 0 Å². The number of ether oxygens (including phenoxy) is 1. The van der Waals surface area contributed by atoms with Gasteiger partial charge in [-0.05, 0) is 17.7 Å². The fourth-order valence-corrected chi connectivity index (χ4v) is 1.82. The molecule has 0 aliphatic rings. The van der Waals surface area contributed by atoms with Gasteiger partial charge in [-0.25, -0.2) is 4.79 Å². The van der Waals surface area contributed by atoms with Gasteiger partial charge in [0.15, 0.2) is 0 Å². The van der Waals surface area contributed by atoms with E-state index in [0.29, 0.717) is 18.8 Å². The molecule has 1 N–H and O–H groups in total. The molecule has 2 aromatic carbocycles. The minimum Gasteiger partial charge on any atom is -0.492 e. The van der Waals surface area contributed by atoms with Crippen LogP contribution >= 0.6 is 0 Å². The minimum atomic E-state index is -1.48. The van der Waals surface area contributed by atoms with E-state index in [0.717, 1.165) is 5.56 Å². The summed E-state index contributed by atoms with van der Waals surface area (Å²) in [6.07, 6.45) is 0.691. The highest BCUT2D eigenvalue weighted by Gasteiger charge is 2.18.